The van der Waals surface area contributed by atoms with E-state index >= 15 is 0 Å². The smallest absolute Gasteiger partial charge is 0.407 e. The van der Waals surface area contributed by atoms with Gasteiger partial charge in [0.1, 0.15) is 18.4 Å². The van der Waals surface area contributed by atoms with E-state index in [0.29, 0.717) is 18.1 Å². The Morgan fingerprint density at radius 3 is 2.08 bits per heavy atom. The summed E-state index contributed by atoms with van der Waals surface area (Å²) >= 11 is 5.62. The molecule has 1 N–H and O–H groups in total. The van der Waals surface area contributed by atoms with Gasteiger partial charge < -0.3 is 19.2 Å². The van der Waals surface area contributed by atoms with E-state index in [0.717, 1.165) is 11.3 Å². The number of nitrogens with one attached hydrogen (secondary N) is 1. The van der Waals surface area contributed by atoms with Crippen LogP contribution < -0.4 is 10.1 Å². The largest absolute Gasteiger partial charge is 0.538 e. The van der Waals surface area contributed by atoms with Crippen molar-refractivity contribution in [2.75, 3.05) is 13.2 Å². The highest BCUT2D eigenvalue weighted by Gasteiger charge is 2.30. The fourth-order valence-corrected chi connectivity index (χ4v) is 6.11. The summed E-state index contributed by atoms with van der Waals surface area (Å²) in [6.45, 7) is 9.02. The molecule has 0 radical (unpaired) electrons. The van der Waals surface area contributed by atoms with Crippen LogP contribution in [0.25, 0.3) is 11.1 Å². The van der Waals surface area contributed by atoms with Crippen molar-refractivity contribution in [2.45, 2.75) is 44.9 Å². The van der Waals surface area contributed by atoms with Gasteiger partial charge in [-0.05, 0) is 78.7 Å². The van der Waals surface area contributed by atoms with Crippen LogP contribution in [0, 0.1) is 0 Å². The molecule has 1 aliphatic rings. The van der Waals surface area contributed by atoms with Crippen molar-refractivity contribution in [2.24, 2.45) is 0 Å². The summed E-state index contributed by atoms with van der Waals surface area (Å²) in [5.74, 6) is 0.807. The van der Waals surface area contributed by atoms with Crippen molar-refractivity contribution in [3.63, 3.8) is 0 Å². The summed E-state index contributed by atoms with van der Waals surface area (Å²) in [5.41, 5.74) is 5.76. The maximum Gasteiger partial charge on any atom is 0.407 e. The zero-order valence-corrected chi connectivity index (χ0v) is 23.1. The number of benzene rings is 3. The molecule has 5 nitrogen and oxygen atoms in total. The van der Waals surface area contributed by atoms with Crippen molar-refractivity contribution in [1.29, 1.82) is 0 Å². The Labute approximate surface area is 219 Å². The SMILES string of the molecule is CCOc1ccc(CC(NC(=O)OCC2c3ccccc3-c3ccccc32)C(=S)O[Si](C)(C)C)cc1. The molecule has 1 atom stereocenters. The van der Waals surface area contributed by atoms with Crippen LogP contribution in [0.1, 0.15) is 29.5 Å². The van der Waals surface area contributed by atoms with Gasteiger partial charge in [0.15, 0.2) is 5.05 Å². The standard InChI is InChI=1S/C29H33NO4SSi/c1-5-32-21-16-14-20(15-17-21)18-27(28(35)34-36(2,3)4)30-29(31)33-19-26-24-12-8-6-10-22(24)23-11-7-9-13-25(23)26/h6-17,26-27H,5,18-19H2,1-4H3,(H,30,31). The summed E-state index contributed by atoms with van der Waals surface area (Å²) in [5, 5.41) is 3.35. The second-order valence-corrected chi connectivity index (χ2v) is 14.7. The Bertz CT molecular complexity index is 1180. The molecule has 0 fully saturated rings. The molecular formula is C29H33NO4SSi. The molecule has 188 valence electrons. The highest BCUT2D eigenvalue weighted by atomic mass is 32.1. The Morgan fingerprint density at radius 1 is 0.944 bits per heavy atom. The Morgan fingerprint density at radius 2 is 1.53 bits per heavy atom. The van der Waals surface area contributed by atoms with Gasteiger partial charge in [-0.15, -0.1) is 0 Å². The number of carbonyl (C=O) groups is 1. The summed E-state index contributed by atoms with van der Waals surface area (Å²) < 4.78 is 17.4. The molecule has 0 saturated heterocycles. The molecule has 0 heterocycles. The van der Waals surface area contributed by atoms with Gasteiger partial charge in [-0.3, -0.25) is 0 Å². The molecule has 1 aliphatic carbocycles. The van der Waals surface area contributed by atoms with E-state index in [1.807, 2.05) is 55.5 Å². The Kier molecular flexibility index (Phi) is 8.11. The van der Waals surface area contributed by atoms with Crippen molar-refractivity contribution in [1.82, 2.24) is 5.32 Å². The molecule has 0 aromatic heterocycles. The lowest BCUT2D eigenvalue weighted by molar-refractivity contribution is 0.141. The first kappa shape index (κ1) is 25.9. The maximum absolute atomic E-state index is 13.0. The van der Waals surface area contributed by atoms with Gasteiger partial charge in [0.05, 0.1) is 6.61 Å². The van der Waals surface area contributed by atoms with Crippen LogP contribution in [0.4, 0.5) is 4.79 Å². The monoisotopic (exact) mass is 519 g/mol. The van der Waals surface area contributed by atoms with Crippen molar-refractivity contribution < 1.29 is 18.7 Å². The normalized spacial score (nSPS) is 13.3. The average molecular weight is 520 g/mol. The van der Waals surface area contributed by atoms with Gasteiger partial charge in [0.2, 0.25) is 8.32 Å². The van der Waals surface area contributed by atoms with Crippen LogP contribution in [0.15, 0.2) is 72.8 Å². The van der Waals surface area contributed by atoms with Crippen molar-refractivity contribution in [3.8, 4) is 16.9 Å². The topological polar surface area (TPSA) is 56.8 Å². The maximum atomic E-state index is 13.0. The fourth-order valence-electron chi connectivity index (χ4n) is 4.47. The van der Waals surface area contributed by atoms with E-state index in [1.165, 1.54) is 22.3 Å². The first-order chi connectivity index (χ1) is 17.2. The van der Waals surface area contributed by atoms with Crippen LogP contribution in [-0.2, 0) is 15.6 Å². The number of hydrogen-bond acceptors (Lipinski definition) is 5. The third-order valence-electron chi connectivity index (χ3n) is 6.00. The summed E-state index contributed by atoms with van der Waals surface area (Å²) in [4.78, 5) is 13.0. The van der Waals surface area contributed by atoms with Gasteiger partial charge in [-0.1, -0.05) is 60.7 Å². The highest BCUT2D eigenvalue weighted by molar-refractivity contribution is 7.80. The zero-order valence-electron chi connectivity index (χ0n) is 21.2. The van der Waals surface area contributed by atoms with Crippen LogP contribution >= 0.6 is 12.2 Å². The first-order valence-corrected chi connectivity index (χ1v) is 16.1. The van der Waals surface area contributed by atoms with Crippen LogP contribution in [0.3, 0.4) is 0 Å². The van der Waals surface area contributed by atoms with Crippen LogP contribution in [0.2, 0.25) is 19.6 Å². The van der Waals surface area contributed by atoms with E-state index < -0.39 is 20.5 Å². The fraction of sp³-hybridized carbons (Fsp3) is 0.310. The molecule has 7 heteroatoms. The van der Waals surface area contributed by atoms with Crippen molar-refractivity contribution >= 4 is 31.7 Å². The van der Waals surface area contributed by atoms with E-state index in [4.69, 9.17) is 26.1 Å². The molecule has 1 amide bonds. The lowest BCUT2D eigenvalue weighted by Gasteiger charge is -2.26. The number of carbonyl (C=O) groups excluding carboxylic acids is 1. The van der Waals surface area contributed by atoms with Gasteiger partial charge >= 0.3 is 6.09 Å². The van der Waals surface area contributed by atoms with Gasteiger partial charge in [-0.25, -0.2) is 4.79 Å². The minimum atomic E-state index is -1.94. The molecular weight excluding hydrogens is 486 g/mol. The number of alkyl carbamates (subject to hydrolysis) is 1. The summed E-state index contributed by atoms with van der Waals surface area (Å²) in [6.07, 6.45) is -0.00534. The molecule has 3 aromatic rings. The van der Waals surface area contributed by atoms with Gasteiger partial charge in [0.25, 0.3) is 0 Å². The molecule has 36 heavy (non-hydrogen) atoms. The molecule has 3 aromatic carbocycles. The Balaban J connectivity index is 1.45. The molecule has 0 spiro atoms. The predicted octanol–water partition coefficient (Wildman–Crippen LogP) is 6.71. The van der Waals surface area contributed by atoms with E-state index in [2.05, 4.69) is 49.2 Å². The number of rotatable bonds is 9. The van der Waals surface area contributed by atoms with Crippen LogP contribution in [0.5, 0.6) is 5.75 Å². The van der Waals surface area contributed by atoms with E-state index in [-0.39, 0.29) is 12.5 Å². The number of ether oxygens (including phenoxy) is 2. The number of amides is 1. The Hall–Kier alpha value is -3.16. The molecule has 1 unspecified atom stereocenters. The van der Waals surface area contributed by atoms with Crippen LogP contribution in [-0.4, -0.2) is 38.7 Å². The number of fused-ring (bicyclic) bond motifs is 3. The second-order valence-electron chi connectivity index (χ2n) is 9.84. The highest BCUT2D eigenvalue weighted by Crippen LogP contribution is 2.44. The lowest BCUT2D eigenvalue weighted by atomic mass is 9.98. The van der Waals surface area contributed by atoms with E-state index in [9.17, 15) is 4.79 Å². The minimum absolute atomic E-state index is 0.00195. The molecule has 0 saturated carbocycles. The first-order valence-electron chi connectivity index (χ1n) is 12.3. The number of hydrogen-bond donors (Lipinski definition) is 1. The molecule has 4 rings (SSSR count). The van der Waals surface area contributed by atoms with Crippen molar-refractivity contribution in [3.05, 3.63) is 89.5 Å². The molecule has 0 aliphatic heterocycles. The third-order valence-corrected chi connectivity index (χ3v) is 7.35. The quantitative estimate of drug-likeness (QED) is 0.251. The zero-order chi connectivity index (χ0) is 25.7. The second kappa shape index (κ2) is 11.3. The average Bonchev–Trinajstić information content (AvgIpc) is 3.16. The summed E-state index contributed by atoms with van der Waals surface area (Å²) in [6, 6.07) is 23.9. The molecule has 0 bridgehead atoms. The minimum Gasteiger partial charge on any atom is -0.538 e. The summed E-state index contributed by atoms with van der Waals surface area (Å²) in [7, 11) is -1.94. The van der Waals surface area contributed by atoms with Gasteiger partial charge in [0, 0.05) is 12.3 Å². The van der Waals surface area contributed by atoms with E-state index in [1.54, 1.807) is 0 Å². The third kappa shape index (κ3) is 6.33. The predicted molar refractivity (Wildman–Crippen MR) is 150 cm³/mol. The number of thiocarbonyl (C=S) groups is 1. The van der Waals surface area contributed by atoms with Gasteiger partial charge in [-0.2, -0.15) is 0 Å². The lowest BCUT2D eigenvalue weighted by Crippen LogP contribution is -2.46.